The molecule has 0 saturated carbocycles. The second-order valence-corrected chi connectivity index (χ2v) is 5.48. The van der Waals surface area contributed by atoms with Gasteiger partial charge >= 0.3 is 5.97 Å². The maximum atomic E-state index is 10.9. The minimum atomic E-state index is -0.664. The zero-order valence-corrected chi connectivity index (χ0v) is 11.9. The molecule has 1 N–H and O–H groups in total. The summed E-state index contributed by atoms with van der Waals surface area (Å²) in [5.74, 6) is -0.842. The van der Waals surface area contributed by atoms with Crippen LogP contribution in [0.4, 0.5) is 0 Å². The molecule has 1 saturated heterocycles. The Kier molecular flexibility index (Phi) is 4.01. The number of carboxylic acids is 1. The summed E-state index contributed by atoms with van der Waals surface area (Å²) in [5, 5.41) is 13.6. The largest absolute Gasteiger partial charge is 0.481 e. The average Bonchev–Trinajstić information content (AvgIpc) is 2.97. The van der Waals surface area contributed by atoms with E-state index in [2.05, 4.69) is 10.00 Å². The first-order valence-corrected chi connectivity index (χ1v) is 7.27. The number of carbonyl (C=O) groups is 1. The third kappa shape index (κ3) is 3.31. The lowest BCUT2D eigenvalue weighted by molar-refractivity contribution is -0.143. The van der Waals surface area contributed by atoms with E-state index in [1.807, 2.05) is 47.3 Å². The molecule has 1 aromatic carbocycles. The summed E-state index contributed by atoms with van der Waals surface area (Å²) in [6.45, 7) is 2.44. The van der Waals surface area contributed by atoms with E-state index in [4.69, 9.17) is 5.11 Å². The predicted octanol–water partition coefficient (Wildman–Crippen LogP) is 2.17. The fourth-order valence-corrected chi connectivity index (χ4v) is 2.74. The smallest absolute Gasteiger partial charge is 0.306 e. The molecule has 0 radical (unpaired) electrons. The van der Waals surface area contributed by atoms with Crippen molar-refractivity contribution in [1.29, 1.82) is 0 Å². The molecule has 5 nitrogen and oxygen atoms in total. The molecule has 21 heavy (non-hydrogen) atoms. The highest BCUT2D eigenvalue weighted by Gasteiger charge is 2.24. The molecular formula is C16H19N3O2. The van der Waals surface area contributed by atoms with Crippen molar-refractivity contribution in [2.45, 2.75) is 19.4 Å². The number of para-hydroxylation sites is 1. The number of carboxylic acid groups (broad SMARTS) is 1. The molecule has 0 unspecified atom stereocenters. The second kappa shape index (κ2) is 6.10. The van der Waals surface area contributed by atoms with E-state index in [0.717, 1.165) is 43.9 Å². The van der Waals surface area contributed by atoms with Gasteiger partial charge in [-0.15, -0.1) is 0 Å². The van der Waals surface area contributed by atoms with Gasteiger partial charge in [0.25, 0.3) is 0 Å². The van der Waals surface area contributed by atoms with Crippen LogP contribution in [0, 0.1) is 5.92 Å². The molecule has 0 aliphatic carbocycles. The van der Waals surface area contributed by atoms with E-state index in [-0.39, 0.29) is 5.92 Å². The normalized spacial score (nSPS) is 17.0. The number of aliphatic carboxylic acids is 1. The van der Waals surface area contributed by atoms with E-state index in [1.165, 1.54) is 0 Å². The lowest BCUT2D eigenvalue weighted by Gasteiger charge is -2.29. The number of likely N-dealkylation sites (tertiary alicyclic amines) is 1. The van der Waals surface area contributed by atoms with Gasteiger partial charge in [0.1, 0.15) is 0 Å². The molecule has 0 spiro atoms. The van der Waals surface area contributed by atoms with E-state index < -0.39 is 5.97 Å². The van der Waals surface area contributed by atoms with Gasteiger partial charge in [0, 0.05) is 12.7 Å². The minimum absolute atomic E-state index is 0.178. The van der Waals surface area contributed by atoms with Crippen LogP contribution in [0.1, 0.15) is 18.5 Å². The molecule has 1 fully saturated rings. The topological polar surface area (TPSA) is 58.4 Å². The van der Waals surface area contributed by atoms with Gasteiger partial charge in [-0.25, -0.2) is 4.68 Å². The van der Waals surface area contributed by atoms with Crippen LogP contribution in [-0.4, -0.2) is 38.8 Å². The van der Waals surface area contributed by atoms with Gasteiger partial charge in [-0.1, -0.05) is 18.2 Å². The Morgan fingerprint density at radius 1 is 1.19 bits per heavy atom. The minimum Gasteiger partial charge on any atom is -0.481 e. The molecular weight excluding hydrogens is 266 g/mol. The van der Waals surface area contributed by atoms with Gasteiger partial charge in [0.2, 0.25) is 0 Å². The molecule has 0 amide bonds. The summed E-state index contributed by atoms with van der Waals surface area (Å²) in [6.07, 6.45) is 3.43. The zero-order valence-electron chi connectivity index (χ0n) is 11.9. The molecule has 1 aromatic heterocycles. The quantitative estimate of drug-likeness (QED) is 0.935. The number of benzene rings is 1. The van der Waals surface area contributed by atoms with E-state index >= 15 is 0 Å². The van der Waals surface area contributed by atoms with Crippen LogP contribution >= 0.6 is 0 Å². The van der Waals surface area contributed by atoms with Crippen LogP contribution in [-0.2, 0) is 11.3 Å². The van der Waals surface area contributed by atoms with E-state index in [0.29, 0.717) is 0 Å². The lowest BCUT2D eigenvalue weighted by atomic mass is 9.97. The molecule has 2 heterocycles. The van der Waals surface area contributed by atoms with Gasteiger partial charge in [0.15, 0.2) is 0 Å². The van der Waals surface area contributed by atoms with Crippen molar-refractivity contribution in [2.24, 2.45) is 5.92 Å². The van der Waals surface area contributed by atoms with Crippen molar-refractivity contribution in [3.63, 3.8) is 0 Å². The Hall–Kier alpha value is -2.14. The van der Waals surface area contributed by atoms with Gasteiger partial charge in [0.05, 0.1) is 17.3 Å². The molecule has 1 aliphatic heterocycles. The van der Waals surface area contributed by atoms with Gasteiger partial charge in [-0.3, -0.25) is 9.69 Å². The summed E-state index contributed by atoms with van der Waals surface area (Å²) in [6, 6.07) is 12.0. The fourth-order valence-electron chi connectivity index (χ4n) is 2.74. The monoisotopic (exact) mass is 285 g/mol. The third-order valence-electron chi connectivity index (χ3n) is 3.99. The first-order chi connectivity index (χ1) is 10.2. The maximum Gasteiger partial charge on any atom is 0.306 e. The van der Waals surface area contributed by atoms with Crippen molar-refractivity contribution in [1.82, 2.24) is 14.7 Å². The number of hydrogen-bond donors (Lipinski definition) is 1. The lowest BCUT2D eigenvalue weighted by Crippen LogP contribution is -2.35. The molecule has 1 aliphatic rings. The Morgan fingerprint density at radius 3 is 2.57 bits per heavy atom. The van der Waals surface area contributed by atoms with Crippen LogP contribution < -0.4 is 0 Å². The van der Waals surface area contributed by atoms with Crippen molar-refractivity contribution in [3.8, 4) is 5.69 Å². The molecule has 0 bridgehead atoms. The fraction of sp³-hybridized carbons (Fsp3) is 0.375. The van der Waals surface area contributed by atoms with E-state index in [9.17, 15) is 4.79 Å². The molecule has 110 valence electrons. The maximum absolute atomic E-state index is 10.9. The summed E-state index contributed by atoms with van der Waals surface area (Å²) < 4.78 is 1.87. The zero-order chi connectivity index (χ0) is 14.7. The molecule has 3 rings (SSSR count). The SMILES string of the molecule is O=C(O)C1CCN(Cc2ccn(-c3ccccc3)n2)CC1. The third-order valence-corrected chi connectivity index (χ3v) is 3.99. The van der Waals surface area contributed by atoms with Crippen molar-refractivity contribution < 1.29 is 9.90 Å². The van der Waals surface area contributed by atoms with Crippen molar-refractivity contribution in [2.75, 3.05) is 13.1 Å². The Bertz CT molecular complexity index is 601. The number of piperidine rings is 1. The van der Waals surface area contributed by atoms with Gasteiger partial charge < -0.3 is 5.11 Å². The van der Waals surface area contributed by atoms with Crippen LogP contribution in [0.5, 0.6) is 0 Å². The molecule has 5 heteroatoms. The molecule has 2 aromatic rings. The number of nitrogens with zero attached hydrogens (tertiary/aromatic N) is 3. The summed E-state index contributed by atoms with van der Waals surface area (Å²) in [5.41, 5.74) is 2.07. The number of aromatic nitrogens is 2. The number of hydrogen-bond acceptors (Lipinski definition) is 3. The second-order valence-electron chi connectivity index (χ2n) is 5.48. The first kappa shape index (κ1) is 13.8. The first-order valence-electron chi connectivity index (χ1n) is 7.27. The highest BCUT2D eigenvalue weighted by atomic mass is 16.4. The van der Waals surface area contributed by atoms with Crippen molar-refractivity contribution >= 4 is 5.97 Å². The van der Waals surface area contributed by atoms with Gasteiger partial charge in [-0.2, -0.15) is 5.10 Å². The average molecular weight is 285 g/mol. The van der Waals surface area contributed by atoms with E-state index in [1.54, 1.807) is 0 Å². The Morgan fingerprint density at radius 2 is 1.90 bits per heavy atom. The molecule has 0 atom stereocenters. The van der Waals surface area contributed by atoms with Crippen LogP contribution in [0.2, 0.25) is 0 Å². The van der Waals surface area contributed by atoms with Crippen LogP contribution in [0.15, 0.2) is 42.6 Å². The highest BCUT2D eigenvalue weighted by molar-refractivity contribution is 5.70. The van der Waals surface area contributed by atoms with Crippen LogP contribution in [0.3, 0.4) is 0 Å². The highest BCUT2D eigenvalue weighted by Crippen LogP contribution is 2.19. The summed E-state index contributed by atoms with van der Waals surface area (Å²) >= 11 is 0. The number of rotatable bonds is 4. The van der Waals surface area contributed by atoms with Crippen molar-refractivity contribution in [3.05, 3.63) is 48.3 Å². The van der Waals surface area contributed by atoms with Crippen LogP contribution in [0.25, 0.3) is 5.69 Å². The Balaban J connectivity index is 1.60. The summed E-state index contributed by atoms with van der Waals surface area (Å²) in [4.78, 5) is 13.2. The van der Waals surface area contributed by atoms with Gasteiger partial charge in [-0.05, 0) is 44.1 Å². The summed E-state index contributed by atoms with van der Waals surface area (Å²) in [7, 11) is 0. The Labute approximate surface area is 123 Å². The standard InChI is InChI=1S/C16H19N3O2/c20-16(21)13-6-9-18(10-7-13)12-14-8-11-19(17-14)15-4-2-1-3-5-15/h1-5,8,11,13H,6-7,9-10,12H2,(H,20,21). The predicted molar refractivity (Wildman–Crippen MR) is 79.2 cm³/mol.